The molecule has 4 heterocycles. The van der Waals surface area contributed by atoms with Gasteiger partial charge >= 0.3 is 0 Å². The van der Waals surface area contributed by atoms with E-state index in [1.54, 1.807) is 0 Å². The van der Waals surface area contributed by atoms with E-state index >= 15 is 0 Å². The molecule has 140 valence electrons. The van der Waals surface area contributed by atoms with Gasteiger partial charge in [-0.3, -0.25) is 10.4 Å². The molecule has 5 unspecified atom stereocenters. The van der Waals surface area contributed by atoms with Gasteiger partial charge in [-0.05, 0) is 56.7 Å². The van der Waals surface area contributed by atoms with E-state index in [4.69, 9.17) is 10.7 Å². The fourth-order valence-corrected chi connectivity index (χ4v) is 4.63. The third-order valence-corrected chi connectivity index (χ3v) is 5.91. The Hall–Kier alpha value is -1.85. The van der Waals surface area contributed by atoms with Crippen molar-refractivity contribution in [3.8, 4) is 0 Å². The molecule has 5 heteroatoms. The lowest BCUT2D eigenvalue weighted by atomic mass is 9.96. The summed E-state index contributed by atoms with van der Waals surface area (Å²) < 4.78 is 0. The van der Waals surface area contributed by atoms with Crippen LogP contribution in [0.1, 0.15) is 50.5 Å². The van der Waals surface area contributed by atoms with Crippen molar-refractivity contribution in [3.63, 3.8) is 0 Å². The monoisotopic (exact) mass is 353 g/mol. The molecule has 1 aromatic rings. The normalized spacial score (nSPS) is 33.9. The lowest BCUT2D eigenvalue weighted by Crippen LogP contribution is -2.50. The Morgan fingerprint density at radius 2 is 2.12 bits per heavy atom. The summed E-state index contributed by atoms with van der Waals surface area (Å²) in [5.74, 6) is 0.669. The van der Waals surface area contributed by atoms with Gasteiger partial charge in [-0.2, -0.15) is 0 Å². The fraction of sp³-hybridized carbons (Fsp3) is 0.571. The summed E-state index contributed by atoms with van der Waals surface area (Å²) in [6.45, 7) is 8.71. The predicted octanol–water partition coefficient (Wildman–Crippen LogP) is 3.17. The van der Waals surface area contributed by atoms with Crippen LogP contribution in [-0.2, 0) is 0 Å². The minimum atomic E-state index is 0.161. The SMILES string of the molecule is CCC1=CN2CC3CCC(C)NN(C3)C(c3cc(N)cc(C)n3)C2C=C1. The van der Waals surface area contributed by atoms with Crippen LogP contribution in [0.15, 0.2) is 36.1 Å². The summed E-state index contributed by atoms with van der Waals surface area (Å²) in [5, 5.41) is 2.45. The Labute approximate surface area is 156 Å². The van der Waals surface area contributed by atoms with Gasteiger partial charge in [-0.15, -0.1) is 0 Å². The van der Waals surface area contributed by atoms with Crippen molar-refractivity contribution >= 4 is 5.69 Å². The molecule has 4 rings (SSSR count). The topological polar surface area (TPSA) is 57.4 Å². The molecule has 0 radical (unpaired) electrons. The van der Waals surface area contributed by atoms with Crippen LogP contribution in [0.25, 0.3) is 0 Å². The zero-order valence-corrected chi connectivity index (χ0v) is 16.2. The number of aryl methyl sites for hydroxylation is 1. The molecule has 0 saturated carbocycles. The quantitative estimate of drug-likeness (QED) is 0.855. The van der Waals surface area contributed by atoms with E-state index in [0.29, 0.717) is 12.0 Å². The highest BCUT2D eigenvalue weighted by Crippen LogP contribution is 2.36. The summed E-state index contributed by atoms with van der Waals surface area (Å²) in [6, 6.07) is 4.94. The molecular formula is C21H31N5. The lowest BCUT2D eigenvalue weighted by Gasteiger charge is -2.40. The second-order valence-corrected chi connectivity index (χ2v) is 8.14. The van der Waals surface area contributed by atoms with Crippen molar-refractivity contribution in [2.45, 2.75) is 58.2 Å². The molecule has 2 bridgehead atoms. The first kappa shape index (κ1) is 17.6. The van der Waals surface area contributed by atoms with E-state index in [1.165, 1.54) is 18.4 Å². The van der Waals surface area contributed by atoms with Crippen molar-refractivity contribution in [1.82, 2.24) is 20.3 Å². The maximum atomic E-state index is 6.18. The molecule has 1 aromatic heterocycles. The van der Waals surface area contributed by atoms with Gasteiger partial charge in [-0.1, -0.05) is 19.1 Å². The smallest absolute Gasteiger partial charge is 0.0904 e. The Morgan fingerprint density at radius 3 is 2.88 bits per heavy atom. The van der Waals surface area contributed by atoms with Gasteiger partial charge in [0.05, 0.1) is 17.8 Å². The molecule has 26 heavy (non-hydrogen) atoms. The lowest BCUT2D eigenvalue weighted by molar-refractivity contribution is 0.0862. The average Bonchev–Trinajstić information content (AvgIpc) is 2.86. The molecule has 3 aliphatic heterocycles. The van der Waals surface area contributed by atoms with Crippen molar-refractivity contribution in [2.24, 2.45) is 5.92 Å². The highest BCUT2D eigenvalue weighted by Gasteiger charge is 2.40. The van der Waals surface area contributed by atoms with E-state index in [-0.39, 0.29) is 12.1 Å². The van der Waals surface area contributed by atoms with E-state index in [2.05, 4.69) is 53.6 Å². The first-order chi connectivity index (χ1) is 12.5. The van der Waals surface area contributed by atoms with E-state index < -0.39 is 0 Å². The number of aromatic nitrogens is 1. The standard InChI is InChI=1S/C21H31N5/c1-4-16-7-8-20-21(19-10-18(22)9-15(3)23-19)26-13-17(12-25(20)11-16)6-5-14(2)24-26/h7-11,14,17,20-21,24H,4-6,12-13H2,1-3H3,(H2,22,23). The van der Waals surface area contributed by atoms with Gasteiger partial charge in [0, 0.05) is 36.7 Å². The summed E-state index contributed by atoms with van der Waals surface area (Å²) in [4.78, 5) is 7.44. The van der Waals surface area contributed by atoms with Gasteiger partial charge in [0.2, 0.25) is 0 Å². The number of rotatable bonds is 2. The first-order valence-corrected chi connectivity index (χ1v) is 9.95. The van der Waals surface area contributed by atoms with Gasteiger partial charge < -0.3 is 10.6 Å². The number of nitrogens with zero attached hydrogens (tertiary/aromatic N) is 3. The van der Waals surface area contributed by atoms with Gasteiger partial charge in [0.25, 0.3) is 0 Å². The summed E-state index contributed by atoms with van der Waals surface area (Å²) >= 11 is 0. The van der Waals surface area contributed by atoms with Crippen LogP contribution < -0.4 is 11.2 Å². The molecule has 0 aliphatic carbocycles. The second kappa shape index (κ2) is 7.05. The molecule has 5 atom stereocenters. The Kier molecular flexibility index (Phi) is 4.76. The van der Waals surface area contributed by atoms with Crippen LogP contribution in [0, 0.1) is 12.8 Å². The maximum Gasteiger partial charge on any atom is 0.0904 e. The zero-order valence-electron chi connectivity index (χ0n) is 16.2. The molecule has 3 N–H and O–H groups in total. The third-order valence-electron chi connectivity index (χ3n) is 5.91. The van der Waals surface area contributed by atoms with Crippen molar-refractivity contribution in [2.75, 3.05) is 18.8 Å². The summed E-state index contributed by atoms with van der Waals surface area (Å²) in [6.07, 6.45) is 10.6. The van der Waals surface area contributed by atoms with Crippen molar-refractivity contribution in [3.05, 3.63) is 47.4 Å². The van der Waals surface area contributed by atoms with Crippen LogP contribution in [0.2, 0.25) is 0 Å². The van der Waals surface area contributed by atoms with Gasteiger partial charge in [0.15, 0.2) is 0 Å². The first-order valence-electron chi connectivity index (χ1n) is 9.95. The molecule has 5 nitrogen and oxygen atoms in total. The van der Waals surface area contributed by atoms with Gasteiger partial charge in [-0.25, -0.2) is 5.01 Å². The van der Waals surface area contributed by atoms with Crippen molar-refractivity contribution < 1.29 is 0 Å². The Bertz CT molecular complexity index is 705. The fourth-order valence-electron chi connectivity index (χ4n) is 4.63. The average molecular weight is 354 g/mol. The molecule has 3 aliphatic rings. The van der Waals surface area contributed by atoms with E-state index in [1.807, 2.05) is 13.0 Å². The van der Waals surface area contributed by atoms with E-state index in [9.17, 15) is 0 Å². The number of nitrogens with two attached hydrogens (primary N) is 1. The molecule has 0 amide bonds. The predicted molar refractivity (Wildman–Crippen MR) is 106 cm³/mol. The second-order valence-electron chi connectivity index (χ2n) is 8.14. The van der Waals surface area contributed by atoms with Crippen LogP contribution in [0.4, 0.5) is 5.69 Å². The number of allylic oxidation sites excluding steroid dienone is 2. The van der Waals surface area contributed by atoms with Crippen molar-refractivity contribution in [1.29, 1.82) is 0 Å². The van der Waals surface area contributed by atoms with Crippen LogP contribution in [0.5, 0.6) is 0 Å². The van der Waals surface area contributed by atoms with Gasteiger partial charge in [0.1, 0.15) is 0 Å². The summed E-state index contributed by atoms with van der Waals surface area (Å²) in [5.41, 5.74) is 14.2. The number of pyridine rings is 1. The highest BCUT2D eigenvalue weighted by atomic mass is 15.5. The third kappa shape index (κ3) is 3.38. The van der Waals surface area contributed by atoms with Crippen LogP contribution in [-0.4, -0.2) is 40.1 Å². The molecule has 0 aromatic carbocycles. The Morgan fingerprint density at radius 1 is 1.27 bits per heavy atom. The minimum Gasteiger partial charge on any atom is -0.399 e. The maximum absolute atomic E-state index is 6.18. The largest absolute Gasteiger partial charge is 0.399 e. The number of nitrogens with one attached hydrogen (secondary N) is 1. The molecular weight excluding hydrogens is 322 g/mol. The number of nitrogen functional groups attached to an aromatic ring is 1. The zero-order chi connectivity index (χ0) is 18.3. The van der Waals surface area contributed by atoms with Crippen LogP contribution >= 0.6 is 0 Å². The number of hydrogen-bond donors (Lipinski definition) is 2. The number of anilines is 1. The van der Waals surface area contributed by atoms with Crippen LogP contribution in [0.3, 0.4) is 0 Å². The van der Waals surface area contributed by atoms with E-state index in [0.717, 1.165) is 36.6 Å². The Balaban J connectivity index is 1.78. The number of hydrazine groups is 1. The molecule has 2 saturated heterocycles. The molecule has 0 spiro atoms. The number of hydrogen-bond acceptors (Lipinski definition) is 5. The molecule has 2 fully saturated rings. The summed E-state index contributed by atoms with van der Waals surface area (Å²) in [7, 11) is 0. The minimum absolute atomic E-state index is 0.161. The highest BCUT2D eigenvalue weighted by molar-refractivity contribution is 5.42. The number of fused-ring (bicyclic) bond motifs is 3.